The molecule has 1 fully saturated rings. The van der Waals surface area contributed by atoms with E-state index in [1.54, 1.807) is 0 Å². The van der Waals surface area contributed by atoms with Gasteiger partial charge < -0.3 is 10.0 Å². The number of aliphatic hydroxyl groups excluding tert-OH is 1. The fraction of sp³-hybridized carbons (Fsp3) is 1.00. The minimum absolute atomic E-state index is 0.109. The Labute approximate surface area is 94.7 Å². The molecule has 15 heavy (non-hydrogen) atoms. The second kappa shape index (κ2) is 6.49. The van der Waals surface area contributed by atoms with E-state index in [0.29, 0.717) is 5.92 Å². The number of aliphatic hydroxyl groups is 1. The third kappa shape index (κ3) is 4.98. The summed E-state index contributed by atoms with van der Waals surface area (Å²) in [5, 5.41) is 9.49. The molecule has 1 saturated heterocycles. The fourth-order valence-electron chi connectivity index (χ4n) is 2.38. The van der Waals surface area contributed by atoms with Gasteiger partial charge in [-0.15, -0.1) is 0 Å². The molecule has 0 aromatic carbocycles. The Morgan fingerprint density at radius 3 is 2.27 bits per heavy atom. The number of nitrogens with zero attached hydrogens (tertiary/aromatic N) is 1. The summed E-state index contributed by atoms with van der Waals surface area (Å²) in [6, 6.07) is 0. The molecule has 1 rings (SSSR count). The highest BCUT2D eigenvalue weighted by atomic mass is 16.3. The fourth-order valence-corrected chi connectivity index (χ4v) is 2.38. The van der Waals surface area contributed by atoms with Crippen molar-refractivity contribution in [2.75, 3.05) is 19.6 Å². The molecule has 0 bridgehead atoms. The third-order valence-electron chi connectivity index (χ3n) is 3.57. The van der Waals surface area contributed by atoms with Crippen molar-refractivity contribution in [2.24, 2.45) is 11.8 Å². The first kappa shape index (κ1) is 13.0. The number of piperidine rings is 1. The molecule has 0 spiro atoms. The van der Waals surface area contributed by atoms with E-state index in [0.717, 1.165) is 5.92 Å². The van der Waals surface area contributed by atoms with Gasteiger partial charge in [-0.1, -0.05) is 13.8 Å². The van der Waals surface area contributed by atoms with Crippen molar-refractivity contribution in [1.29, 1.82) is 0 Å². The highest BCUT2D eigenvalue weighted by Gasteiger charge is 2.21. The van der Waals surface area contributed by atoms with Crippen LogP contribution in [0.2, 0.25) is 0 Å². The smallest absolute Gasteiger partial charge is 0.0541 e. The second-order valence-electron chi connectivity index (χ2n) is 5.46. The largest absolute Gasteiger partial charge is 0.393 e. The molecule has 1 unspecified atom stereocenters. The molecular weight excluding hydrogens is 186 g/mol. The predicted octanol–water partition coefficient (Wildman–Crippen LogP) is 2.52. The topological polar surface area (TPSA) is 23.5 Å². The summed E-state index contributed by atoms with van der Waals surface area (Å²) in [6.45, 7) is 10.1. The number of hydrogen-bond donors (Lipinski definition) is 1. The van der Waals surface area contributed by atoms with Gasteiger partial charge in [0.15, 0.2) is 0 Å². The average molecular weight is 213 g/mol. The highest BCUT2D eigenvalue weighted by Crippen LogP contribution is 2.20. The zero-order valence-corrected chi connectivity index (χ0v) is 10.6. The van der Waals surface area contributed by atoms with Crippen molar-refractivity contribution in [3.05, 3.63) is 0 Å². The molecule has 0 saturated carbocycles. The number of likely N-dealkylation sites (tertiary alicyclic amines) is 1. The van der Waals surface area contributed by atoms with Crippen LogP contribution in [0, 0.1) is 11.8 Å². The normalized spacial score (nSPS) is 22.2. The van der Waals surface area contributed by atoms with E-state index >= 15 is 0 Å². The Hall–Kier alpha value is -0.0800. The van der Waals surface area contributed by atoms with Crippen LogP contribution < -0.4 is 0 Å². The van der Waals surface area contributed by atoms with Crippen molar-refractivity contribution in [2.45, 2.75) is 52.6 Å². The molecular formula is C13H27NO. The Morgan fingerprint density at radius 1 is 1.20 bits per heavy atom. The van der Waals surface area contributed by atoms with Crippen LogP contribution in [0.1, 0.15) is 46.5 Å². The maximum Gasteiger partial charge on any atom is 0.0541 e. The quantitative estimate of drug-likeness (QED) is 0.758. The lowest BCUT2D eigenvalue weighted by molar-refractivity contribution is 0.0711. The van der Waals surface area contributed by atoms with Crippen LogP contribution in [0.5, 0.6) is 0 Å². The molecule has 1 N–H and O–H groups in total. The number of rotatable bonds is 5. The van der Waals surface area contributed by atoms with E-state index in [1.165, 1.54) is 45.3 Å². The first-order valence-electron chi connectivity index (χ1n) is 6.50. The zero-order valence-electron chi connectivity index (χ0n) is 10.6. The minimum Gasteiger partial charge on any atom is -0.393 e. The van der Waals surface area contributed by atoms with Gasteiger partial charge in [0, 0.05) is 0 Å². The van der Waals surface area contributed by atoms with E-state index in [2.05, 4.69) is 18.7 Å². The summed E-state index contributed by atoms with van der Waals surface area (Å²) in [5.41, 5.74) is 0. The van der Waals surface area contributed by atoms with Crippen LogP contribution >= 0.6 is 0 Å². The summed E-state index contributed by atoms with van der Waals surface area (Å²) in [4.78, 5) is 2.56. The third-order valence-corrected chi connectivity index (χ3v) is 3.57. The maximum absolute atomic E-state index is 9.49. The summed E-state index contributed by atoms with van der Waals surface area (Å²) >= 11 is 0. The number of hydrogen-bond acceptors (Lipinski definition) is 2. The van der Waals surface area contributed by atoms with E-state index in [1.807, 2.05) is 6.92 Å². The Bertz CT molecular complexity index is 157. The molecule has 1 heterocycles. The standard InChI is InChI=1S/C13H27NO/c1-11(2)5-4-8-14-9-6-13(7-10-14)12(3)15/h11-13,15H,4-10H2,1-3H3. The van der Waals surface area contributed by atoms with Gasteiger partial charge in [0.25, 0.3) is 0 Å². The lowest BCUT2D eigenvalue weighted by atomic mass is 9.92. The van der Waals surface area contributed by atoms with Gasteiger partial charge in [0.05, 0.1) is 6.10 Å². The second-order valence-corrected chi connectivity index (χ2v) is 5.46. The minimum atomic E-state index is -0.109. The molecule has 0 amide bonds. The lowest BCUT2D eigenvalue weighted by Gasteiger charge is -2.33. The van der Waals surface area contributed by atoms with Crippen molar-refractivity contribution in [3.63, 3.8) is 0 Å². The predicted molar refractivity (Wildman–Crippen MR) is 64.9 cm³/mol. The van der Waals surface area contributed by atoms with Crippen LogP contribution in [-0.4, -0.2) is 35.7 Å². The van der Waals surface area contributed by atoms with Crippen LogP contribution in [0.15, 0.2) is 0 Å². The van der Waals surface area contributed by atoms with Crippen LogP contribution in [-0.2, 0) is 0 Å². The molecule has 1 aliphatic rings. The lowest BCUT2D eigenvalue weighted by Crippen LogP contribution is -2.37. The molecule has 0 aliphatic carbocycles. The van der Waals surface area contributed by atoms with Gasteiger partial charge in [0.2, 0.25) is 0 Å². The molecule has 1 atom stereocenters. The Balaban J connectivity index is 2.09. The monoisotopic (exact) mass is 213 g/mol. The summed E-state index contributed by atoms with van der Waals surface area (Å²) in [7, 11) is 0. The summed E-state index contributed by atoms with van der Waals surface area (Å²) in [5.74, 6) is 1.38. The zero-order chi connectivity index (χ0) is 11.3. The van der Waals surface area contributed by atoms with Gasteiger partial charge in [-0.2, -0.15) is 0 Å². The molecule has 2 heteroatoms. The average Bonchev–Trinajstić information content (AvgIpc) is 2.18. The first-order chi connectivity index (χ1) is 7.09. The first-order valence-corrected chi connectivity index (χ1v) is 6.50. The summed E-state index contributed by atoms with van der Waals surface area (Å²) < 4.78 is 0. The van der Waals surface area contributed by atoms with Gasteiger partial charge >= 0.3 is 0 Å². The van der Waals surface area contributed by atoms with E-state index in [-0.39, 0.29) is 6.10 Å². The molecule has 1 aliphatic heterocycles. The van der Waals surface area contributed by atoms with Crippen LogP contribution in [0.4, 0.5) is 0 Å². The Morgan fingerprint density at radius 2 is 1.80 bits per heavy atom. The van der Waals surface area contributed by atoms with Crippen molar-refractivity contribution in [3.8, 4) is 0 Å². The van der Waals surface area contributed by atoms with Crippen molar-refractivity contribution in [1.82, 2.24) is 4.90 Å². The van der Waals surface area contributed by atoms with Gasteiger partial charge in [-0.05, 0) is 64.1 Å². The van der Waals surface area contributed by atoms with E-state index < -0.39 is 0 Å². The molecule has 90 valence electrons. The van der Waals surface area contributed by atoms with Crippen LogP contribution in [0.25, 0.3) is 0 Å². The van der Waals surface area contributed by atoms with Crippen molar-refractivity contribution < 1.29 is 5.11 Å². The molecule has 0 aromatic heterocycles. The molecule has 2 nitrogen and oxygen atoms in total. The van der Waals surface area contributed by atoms with Crippen molar-refractivity contribution >= 4 is 0 Å². The van der Waals surface area contributed by atoms with Gasteiger partial charge in [0.1, 0.15) is 0 Å². The van der Waals surface area contributed by atoms with Gasteiger partial charge in [-0.3, -0.25) is 0 Å². The van der Waals surface area contributed by atoms with E-state index in [4.69, 9.17) is 0 Å². The molecule has 0 aromatic rings. The SMILES string of the molecule is CC(C)CCCN1CCC(C(C)O)CC1. The van der Waals surface area contributed by atoms with E-state index in [9.17, 15) is 5.11 Å². The highest BCUT2D eigenvalue weighted by molar-refractivity contribution is 4.75. The molecule has 0 radical (unpaired) electrons. The van der Waals surface area contributed by atoms with Gasteiger partial charge in [-0.25, -0.2) is 0 Å². The Kier molecular flexibility index (Phi) is 5.62. The van der Waals surface area contributed by atoms with Crippen LogP contribution in [0.3, 0.4) is 0 Å². The summed E-state index contributed by atoms with van der Waals surface area (Å²) in [6.07, 6.45) is 4.93. The maximum atomic E-state index is 9.49.